The van der Waals surface area contributed by atoms with Gasteiger partial charge in [0.25, 0.3) is 0 Å². The number of nitrogens with one attached hydrogen (secondary N) is 1. The second-order valence-electron chi connectivity index (χ2n) is 5.72. The van der Waals surface area contributed by atoms with Crippen molar-refractivity contribution in [2.75, 3.05) is 13.2 Å². The molecular formula is C19H22ClNO4S. The first kappa shape index (κ1) is 20.4. The minimum atomic E-state index is -3.54. The summed E-state index contributed by atoms with van der Waals surface area (Å²) in [6, 6.07) is 13.8. The molecule has 140 valence electrons. The van der Waals surface area contributed by atoms with E-state index in [1.54, 1.807) is 19.1 Å². The number of halogens is 1. The lowest BCUT2D eigenvalue weighted by molar-refractivity contribution is -0.143. The van der Waals surface area contributed by atoms with Crippen LogP contribution in [-0.2, 0) is 32.4 Å². The van der Waals surface area contributed by atoms with E-state index in [9.17, 15) is 13.2 Å². The number of carbonyl (C=O) groups is 1. The van der Waals surface area contributed by atoms with Gasteiger partial charge in [-0.2, -0.15) is 0 Å². The Balaban J connectivity index is 1.82. The van der Waals surface area contributed by atoms with Gasteiger partial charge in [0, 0.05) is 18.0 Å². The van der Waals surface area contributed by atoms with Crippen LogP contribution in [0, 0.1) is 0 Å². The van der Waals surface area contributed by atoms with E-state index in [2.05, 4.69) is 4.72 Å². The number of benzene rings is 2. The zero-order valence-electron chi connectivity index (χ0n) is 14.6. The van der Waals surface area contributed by atoms with Crippen LogP contribution >= 0.6 is 11.6 Å². The third-order valence-corrected chi connectivity index (χ3v) is 5.50. The van der Waals surface area contributed by atoms with Crippen LogP contribution < -0.4 is 4.72 Å². The second-order valence-corrected chi connectivity index (χ2v) is 7.93. The van der Waals surface area contributed by atoms with Crippen molar-refractivity contribution in [1.82, 2.24) is 4.72 Å². The van der Waals surface area contributed by atoms with E-state index < -0.39 is 10.0 Å². The first-order chi connectivity index (χ1) is 12.4. The summed E-state index contributed by atoms with van der Waals surface area (Å²) in [4.78, 5) is 11.6. The van der Waals surface area contributed by atoms with Gasteiger partial charge in [0.2, 0.25) is 10.0 Å². The van der Waals surface area contributed by atoms with Crippen LogP contribution in [0.25, 0.3) is 0 Å². The van der Waals surface area contributed by atoms with Crippen LogP contribution in [0.15, 0.2) is 53.4 Å². The Hall–Kier alpha value is -1.89. The number of ether oxygens (including phenoxy) is 1. The molecule has 0 amide bonds. The molecule has 0 spiro atoms. The lowest BCUT2D eigenvalue weighted by Crippen LogP contribution is -2.25. The Morgan fingerprint density at radius 1 is 1.00 bits per heavy atom. The Morgan fingerprint density at radius 2 is 1.58 bits per heavy atom. The van der Waals surface area contributed by atoms with Crippen molar-refractivity contribution >= 4 is 27.6 Å². The van der Waals surface area contributed by atoms with Gasteiger partial charge in [-0.3, -0.25) is 4.79 Å². The number of hydrogen-bond donors (Lipinski definition) is 1. The zero-order chi connectivity index (χ0) is 19.0. The lowest BCUT2D eigenvalue weighted by Gasteiger charge is -2.08. The Morgan fingerprint density at radius 3 is 2.15 bits per heavy atom. The van der Waals surface area contributed by atoms with Crippen molar-refractivity contribution in [2.45, 2.75) is 31.1 Å². The van der Waals surface area contributed by atoms with Gasteiger partial charge < -0.3 is 4.74 Å². The van der Waals surface area contributed by atoms with Gasteiger partial charge in [0.05, 0.1) is 11.5 Å². The maximum absolute atomic E-state index is 12.2. The summed E-state index contributed by atoms with van der Waals surface area (Å²) >= 11 is 5.77. The minimum Gasteiger partial charge on any atom is -0.466 e. The van der Waals surface area contributed by atoms with E-state index in [1.807, 2.05) is 24.3 Å². The van der Waals surface area contributed by atoms with Gasteiger partial charge in [-0.1, -0.05) is 35.9 Å². The van der Waals surface area contributed by atoms with Crippen molar-refractivity contribution < 1.29 is 17.9 Å². The van der Waals surface area contributed by atoms with Gasteiger partial charge in [-0.05, 0) is 55.2 Å². The number of rotatable bonds is 9. The Bertz CT molecular complexity index is 818. The third-order valence-electron chi connectivity index (χ3n) is 3.78. The average molecular weight is 396 g/mol. The van der Waals surface area contributed by atoms with E-state index >= 15 is 0 Å². The molecule has 0 aromatic heterocycles. The molecule has 2 aromatic carbocycles. The second kappa shape index (κ2) is 9.71. The van der Waals surface area contributed by atoms with Gasteiger partial charge in [-0.15, -0.1) is 0 Å². The number of hydrogen-bond acceptors (Lipinski definition) is 4. The molecule has 0 aliphatic heterocycles. The highest BCUT2D eigenvalue weighted by Crippen LogP contribution is 2.14. The topological polar surface area (TPSA) is 72.5 Å². The molecule has 0 heterocycles. The van der Waals surface area contributed by atoms with Crippen LogP contribution in [-0.4, -0.2) is 27.5 Å². The highest BCUT2D eigenvalue weighted by Gasteiger charge is 2.12. The van der Waals surface area contributed by atoms with Crippen molar-refractivity contribution in [2.24, 2.45) is 0 Å². The molecule has 1 N–H and O–H groups in total. The standard InChI is InChI=1S/C19H22ClNO4S/c1-2-25-19(22)12-7-15-3-5-16(6-4-15)13-14-21-26(23,24)18-10-8-17(20)9-11-18/h3-6,8-11,21H,2,7,12-14H2,1H3. The molecule has 5 nitrogen and oxygen atoms in total. The van der Waals surface area contributed by atoms with Crippen LogP contribution in [0.4, 0.5) is 0 Å². The van der Waals surface area contributed by atoms with E-state index in [-0.39, 0.29) is 10.9 Å². The summed E-state index contributed by atoms with van der Waals surface area (Å²) in [7, 11) is -3.54. The minimum absolute atomic E-state index is 0.191. The number of carbonyl (C=O) groups excluding carboxylic acids is 1. The maximum atomic E-state index is 12.2. The summed E-state index contributed by atoms with van der Waals surface area (Å²) in [6.45, 7) is 2.48. The fraction of sp³-hybridized carbons (Fsp3) is 0.316. The van der Waals surface area contributed by atoms with Gasteiger partial charge in [-0.25, -0.2) is 13.1 Å². The van der Waals surface area contributed by atoms with Crippen LogP contribution in [0.1, 0.15) is 24.5 Å². The molecule has 2 rings (SSSR count). The molecule has 26 heavy (non-hydrogen) atoms. The molecule has 0 fully saturated rings. The first-order valence-corrected chi connectivity index (χ1v) is 10.3. The van der Waals surface area contributed by atoms with Crippen molar-refractivity contribution in [3.63, 3.8) is 0 Å². The van der Waals surface area contributed by atoms with E-state index in [0.717, 1.165) is 11.1 Å². The predicted octanol–water partition coefficient (Wildman–Crippen LogP) is 3.36. The van der Waals surface area contributed by atoms with E-state index in [1.165, 1.54) is 12.1 Å². The monoisotopic (exact) mass is 395 g/mol. The fourth-order valence-electron chi connectivity index (χ4n) is 2.38. The number of esters is 1. The smallest absolute Gasteiger partial charge is 0.306 e. The number of aryl methyl sites for hydroxylation is 1. The Labute approximate surface area is 159 Å². The molecule has 0 bridgehead atoms. The molecule has 0 aliphatic carbocycles. The summed E-state index contributed by atoms with van der Waals surface area (Å²) in [5.74, 6) is -0.201. The lowest BCUT2D eigenvalue weighted by atomic mass is 10.1. The van der Waals surface area contributed by atoms with Crippen molar-refractivity contribution in [3.8, 4) is 0 Å². The molecule has 0 radical (unpaired) electrons. The molecule has 0 atom stereocenters. The molecule has 0 unspecified atom stereocenters. The van der Waals surface area contributed by atoms with Gasteiger partial charge >= 0.3 is 5.97 Å². The predicted molar refractivity (Wildman–Crippen MR) is 102 cm³/mol. The van der Waals surface area contributed by atoms with E-state index in [4.69, 9.17) is 16.3 Å². The van der Waals surface area contributed by atoms with Crippen LogP contribution in [0.5, 0.6) is 0 Å². The SMILES string of the molecule is CCOC(=O)CCc1ccc(CCNS(=O)(=O)c2ccc(Cl)cc2)cc1. The molecule has 0 saturated heterocycles. The van der Waals surface area contributed by atoms with Gasteiger partial charge in [0.15, 0.2) is 0 Å². The summed E-state index contributed by atoms with van der Waals surface area (Å²) in [6.07, 6.45) is 1.56. The van der Waals surface area contributed by atoms with Crippen LogP contribution in [0.2, 0.25) is 5.02 Å². The average Bonchev–Trinajstić information content (AvgIpc) is 2.61. The first-order valence-electron chi connectivity index (χ1n) is 8.39. The molecule has 0 aliphatic rings. The highest BCUT2D eigenvalue weighted by atomic mass is 35.5. The van der Waals surface area contributed by atoms with E-state index in [0.29, 0.717) is 37.4 Å². The fourth-order valence-corrected chi connectivity index (χ4v) is 3.54. The molecular weight excluding hydrogens is 374 g/mol. The quantitative estimate of drug-likeness (QED) is 0.661. The Kier molecular flexibility index (Phi) is 7.63. The maximum Gasteiger partial charge on any atom is 0.306 e. The number of sulfonamides is 1. The summed E-state index contributed by atoms with van der Waals surface area (Å²) in [5.41, 5.74) is 2.06. The summed E-state index contributed by atoms with van der Waals surface area (Å²) in [5, 5.41) is 0.493. The van der Waals surface area contributed by atoms with Crippen molar-refractivity contribution in [3.05, 3.63) is 64.7 Å². The molecule has 2 aromatic rings. The third kappa shape index (κ3) is 6.44. The highest BCUT2D eigenvalue weighted by molar-refractivity contribution is 7.89. The van der Waals surface area contributed by atoms with Crippen molar-refractivity contribution in [1.29, 1.82) is 0 Å². The molecule has 7 heteroatoms. The molecule has 0 saturated carbocycles. The normalized spacial score (nSPS) is 11.3. The summed E-state index contributed by atoms with van der Waals surface area (Å²) < 4.78 is 31.9. The van der Waals surface area contributed by atoms with Gasteiger partial charge in [0.1, 0.15) is 0 Å². The zero-order valence-corrected chi connectivity index (χ0v) is 16.1. The largest absolute Gasteiger partial charge is 0.466 e. The van der Waals surface area contributed by atoms with Crippen LogP contribution in [0.3, 0.4) is 0 Å².